The topological polar surface area (TPSA) is 46.5 Å². The second-order valence-corrected chi connectivity index (χ2v) is 5.73. The van der Waals surface area contributed by atoms with E-state index in [2.05, 4.69) is 0 Å². The minimum atomic E-state index is -0.232. The minimum Gasteiger partial charge on any atom is -0.469 e. The molecule has 0 radical (unpaired) electrons. The highest BCUT2D eigenvalue weighted by molar-refractivity contribution is 5.77. The number of aliphatic hydroxyl groups is 1. The van der Waals surface area contributed by atoms with Gasteiger partial charge in [-0.3, -0.25) is 4.79 Å². The molecule has 0 aromatic carbocycles. The molecule has 4 bridgehead atoms. The standard InChI is InChI=1S/C12H18O3/c1-15-11(14)12-4-7-2-8(5-12)10(13)9(3-7)6-12/h7-10,13H,2-6H2,1H3/t7?,8-,9-,10?,12?/m0/s1. The summed E-state index contributed by atoms with van der Waals surface area (Å²) in [6.07, 6.45) is 4.80. The Morgan fingerprint density at radius 1 is 1.27 bits per heavy atom. The van der Waals surface area contributed by atoms with Crippen LogP contribution in [0.25, 0.3) is 0 Å². The van der Waals surface area contributed by atoms with Gasteiger partial charge in [-0.15, -0.1) is 0 Å². The third-order valence-electron chi connectivity index (χ3n) is 4.84. The molecular weight excluding hydrogens is 192 g/mol. The van der Waals surface area contributed by atoms with Crippen molar-refractivity contribution in [2.45, 2.75) is 38.2 Å². The van der Waals surface area contributed by atoms with E-state index in [-0.39, 0.29) is 17.5 Å². The molecule has 0 aromatic heterocycles. The van der Waals surface area contributed by atoms with Crippen molar-refractivity contribution in [2.75, 3.05) is 7.11 Å². The molecule has 0 amide bonds. The summed E-state index contributed by atoms with van der Waals surface area (Å²) in [4.78, 5) is 11.9. The molecule has 3 nitrogen and oxygen atoms in total. The van der Waals surface area contributed by atoms with Crippen LogP contribution in [0.5, 0.6) is 0 Å². The molecule has 15 heavy (non-hydrogen) atoms. The predicted octanol–water partition coefficient (Wildman–Crippen LogP) is 1.35. The maximum atomic E-state index is 11.9. The van der Waals surface area contributed by atoms with Gasteiger partial charge in [-0.25, -0.2) is 0 Å². The van der Waals surface area contributed by atoms with Gasteiger partial charge in [0, 0.05) is 0 Å². The first-order chi connectivity index (χ1) is 7.14. The van der Waals surface area contributed by atoms with E-state index in [1.807, 2.05) is 0 Å². The summed E-state index contributed by atoms with van der Waals surface area (Å²) in [7, 11) is 1.48. The van der Waals surface area contributed by atoms with Crippen molar-refractivity contribution in [3.63, 3.8) is 0 Å². The van der Waals surface area contributed by atoms with Gasteiger partial charge in [0.1, 0.15) is 0 Å². The minimum absolute atomic E-state index is 0.0335. The quantitative estimate of drug-likeness (QED) is 0.664. The first kappa shape index (κ1) is 9.64. The van der Waals surface area contributed by atoms with E-state index in [9.17, 15) is 9.90 Å². The Hall–Kier alpha value is -0.570. The van der Waals surface area contributed by atoms with Crippen molar-refractivity contribution in [1.82, 2.24) is 0 Å². The molecule has 0 heterocycles. The highest BCUT2D eigenvalue weighted by Crippen LogP contribution is 2.60. The average Bonchev–Trinajstić information content (AvgIpc) is 2.23. The van der Waals surface area contributed by atoms with Crippen molar-refractivity contribution in [3.8, 4) is 0 Å². The molecule has 3 heteroatoms. The molecule has 0 saturated heterocycles. The molecule has 4 aliphatic rings. The van der Waals surface area contributed by atoms with Crippen molar-refractivity contribution < 1.29 is 14.6 Å². The van der Waals surface area contributed by atoms with Crippen LogP contribution in [-0.2, 0) is 9.53 Å². The molecule has 84 valence electrons. The highest BCUT2D eigenvalue weighted by Gasteiger charge is 2.58. The molecule has 0 aromatic rings. The van der Waals surface area contributed by atoms with Crippen LogP contribution in [0.15, 0.2) is 0 Å². The lowest BCUT2D eigenvalue weighted by Crippen LogP contribution is -2.56. The Morgan fingerprint density at radius 2 is 1.87 bits per heavy atom. The Bertz CT molecular complexity index is 283. The van der Waals surface area contributed by atoms with Gasteiger partial charge in [0.2, 0.25) is 0 Å². The summed E-state index contributed by atoms with van der Waals surface area (Å²) >= 11 is 0. The molecular formula is C12H18O3. The van der Waals surface area contributed by atoms with E-state index in [1.54, 1.807) is 0 Å². The van der Waals surface area contributed by atoms with E-state index in [0.717, 1.165) is 32.1 Å². The Morgan fingerprint density at radius 3 is 2.40 bits per heavy atom. The maximum absolute atomic E-state index is 11.9. The van der Waals surface area contributed by atoms with Gasteiger partial charge in [0.25, 0.3) is 0 Å². The summed E-state index contributed by atoms with van der Waals surface area (Å²) in [6, 6.07) is 0. The number of hydrogen-bond donors (Lipinski definition) is 1. The van der Waals surface area contributed by atoms with Crippen LogP contribution in [0.1, 0.15) is 32.1 Å². The van der Waals surface area contributed by atoms with Crippen molar-refractivity contribution >= 4 is 5.97 Å². The first-order valence-electron chi connectivity index (χ1n) is 5.91. The first-order valence-corrected chi connectivity index (χ1v) is 5.91. The second-order valence-electron chi connectivity index (χ2n) is 5.73. The van der Waals surface area contributed by atoms with Gasteiger partial charge < -0.3 is 9.84 Å². The maximum Gasteiger partial charge on any atom is 0.311 e. The fraction of sp³-hybridized carbons (Fsp3) is 0.917. The summed E-state index contributed by atoms with van der Waals surface area (Å²) < 4.78 is 4.95. The summed E-state index contributed by atoms with van der Waals surface area (Å²) in [5.74, 6) is 1.34. The van der Waals surface area contributed by atoms with Crippen LogP contribution in [0.3, 0.4) is 0 Å². The molecule has 4 saturated carbocycles. The number of rotatable bonds is 1. The number of methoxy groups -OCH3 is 1. The fourth-order valence-corrected chi connectivity index (χ4v) is 4.46. The highest BCUT2D eigenvalue weighted by atomic mass is 16.5. The average molecular weight is 210 g/mol. The molecule has 4 rings (SSSR count). The van der Waals surface area contributed by atoms with E-state index in [1.165, 1.54) is 7.11 Å². The smallest absolute Gasteiger partial charge is 0.311 e. The number of carbonyl (C=O) groups excluding carboxylic acids is 1. The second kappa shape index (κ2) is 2.97. The van der Waals surface area contributed by atoms with Gasteiger partial charge in [-0.1, -0.05) is 0 Å². The molecule has 4 fully saturated rings. The molecule has 1 N–H and O–H groups in total. The third kappa shape index (κ3) is 1.19. The molecule has 0 unspecified atom stereocenters. The Kier molecular flexibility index (Phi) is 1.91. The lowest BCUT2D eigenvalue weighted by atomic mass is 9.48. The Labute approximate surface area is 89.8 Å². The van der Waals surface area contributed by atoms with Gasteiger partial charge in [0.15, 0.2) is 0 Å². The lowest BCUT2D eigenvalue weighted by molar-refractivity contribution is -0.181. The van der Waals surface area contributed by atoms with Gasteiger partial charge in [0.05, 0.1) is 18.6 Å². The molecule has 4 aliphatic carbocycles. The van der Waals surface area contributed by atoms with Crippen molar-refractivity contribution in [3.05, 3.63) is 0 Å². The van der Waals surface area contributed by atoms with Gasteiger partial charge in [-0.2, -0.15) is 0 Å². The van der Waals surface area contributed by atoms with Gasteiger partial charge >= 0.3 is 5.97 Å². The van der Waals surface area contributed by atoms with Crippen LogP contribution in [0, 0.1) is 23.2 Å². The SMILES string of the molecule is COC(=O)C12CC3C[C@@H](C1)C(O)[C@@H](C3)C2. The van der Waals surface area contributed by atoms with Crippen molar-refractivity contribution in [1.29, 1.82) is 0 Å². The van der Waals surface area contributed by atoms with E-state index in [4.69, 9.17) is 4.74 Å². The number of ether oxygens (including phenoxy) is 1. The number of aliphatic hydroxyl groups excluding tert-OH is 1. The van der Waals surface area contributed by atoms with Crippen LogP contribution in [-0.4, -0.2) is 24.3 Å². The van der Waals surface area contributed by atoms with Gasteiger partial charge in [-0.05, 0) is 49.9 Å². The van der Waals surface area contributed by atoms with E-state index in [0.29, 0.717) is 17.8 Å². The number of carbonyl (C=O) groups is 1. The monoisotopic (exact) mass is 210 g/mol. The molecule has 0 aliphatic heterocycles. The van der Waals surface area contributed by atoms with Crippen LogP contribution in [0.2, 0.25) is 0 Å². The zero-order valence-electron chi connectivity index (χ0n) is 9.11. The molecule has 0 spiro atoms. The zero-order chi connectivity index (χ0) is 10.6. The summed E-state index contributed by atoms with van der Waals surface area (Å²) in [5.41, 5.74) is -0.232. The number of hydrogen-bond acceptors (Lipinski definition) is 3. The zero-order valence-corrected chi connectivity index (χ0v) is 9.11. The van der Waals surface area contributed by atoms with E-state index < -0.39 is 0 Å². The summed E-state index contributed by atoms with van der Waals surface area (Å²) in [5, 5.41) is 10.0. The lowest BCUT2D eigenvalue weighted by Gasteiger charge is -2.57. The predicted molar refractivity (Wildman–Crippen MR) is 54.0 cm³/mol. The molecule has 2 atom stereocenters. The summed E-state index contributed by atoms with van der Waals surface area (Å²) in [6.45, 7) is 0. The Balaban J connectivity index is 1.92. The van der Waals surface area contributed by atoms with Crippen molar-refractivity contribution in [2.24, 2.45) is 23.2 Å². The van der Waals surface area contributed by atoms with Crippen LogP contribution >= 0.6 is 0 Å². The van der Waals surface area contributed by atoms with Crippen LogP contribution < -0.4 is 0 Å². The van der Waals surface area contributed by atoms with Crippen LogP contribution in [0.4, 0.5) is 0 Å². The largest absolute Gasteiger partial charge is 0.469 e. The fourth-order valence-electron chi connectivity index (χ4n) is 4.46. The van der Waals surface area contributed by atoms with E-state index >= 15 is 0 Å². The third-order valence-corrected chi connectivity index (χ3v) is 4.84. The normalized spacial score (nSPS) is 51.9. The number of esters is 1.